The number of likely N-dealkylation sites (tertiary alicyclic amines) is 1. The zero-order chi connectivity index (χ0) is 39.6. The number of nitrogens with one attached hydrogen (secondary N) is 1. The molecule has 14 nitrogen and oxygen atoms in total. The first-order chi connectivity index (χ1) is 26.7. The van der Waals surface area contributed by atoms with Crippen molar-refractivity contribution in [2.24, 2.45) is 0 Å². The summed E-state index contributed by atoms with van der Waals surface area (Å²) in [5.74, 6) is -2.24. The highest BCUT2D eigenvalue weighted by atomic mass is 32.2. The maximum atomic E-state index is 16.0. The lowest BCUT2D eigenvalue weighted by Gasteiger charge is -2.27. The summed E-state index contributed by atoms with van der Waals surface area (Å²) in [7, 11) is -4.37. The molecule has 1 unspecified atom stereocenters. The lowest BCUT2D eigenvalue weighted by molar-refractivity contribution is -0.120. The van der Waals surface area contributed by atoms with Gasteiger partial charge in [-0.2, -0.15) is 4.98 Å². The summed E-state index contributed by atoms with van der Waals surface area (Å²) in [6.07, 6.45) is 3.33. The molecule has 1 aliphatic carbocycles. The summed E-state index contributed by atoms with van der Waals surface area (Å²) in [5, 5.41) is 6.44. The number of nitrogens with zero attached hydrogens (tertiary/aromatic N) is 4. The van der Waals surface area contributed by atoms with Crippen LogP contribution in [0.5, 0.6) is 5.75 Å². The number of alkyl carbamates (subject to hydrolysis) is 1. The van der Waals surface area contributed by atoms with Gasteiger partial charge in [0.15, 0.2) is 9.84 Å². The van der Waals surface area contributed by atoms with Crippen LogP contribution in [-0.2, 0) is 37.3 Å². The van der Waals surface area contributed by atoms with Crippen LogP contribution in [0.4, 0.5) is 19.7 Å². The fourth-order valence-electron chi connectivity index (χ4n) is 7.08. The van der Waals surface area contributed by atoms with E-state index in [4.69, 9.17) is 18.7 Å². The van der Waals surface area contributed by atoms with Gasteiger partial charge in [0, 0.05) is 13.1 Å². The smallest absolute Gasteiger partial charge is 0.410 e. The van der Waals surface area contributed by atoms with Crippen LogP contribution in [0.2, 0.25) is 0 Å². The van der Waals surface area contributed by atoms with Crippen LogP contribution in [0.3, 0.4) is 0 Å². The van der Waals surface area contributed by atoms with Crippen molar-refractivity contribution in [2.45, 2.75) is 94.6 Å². The second-order valence-corrected chi connectivity index (χ2v) is 17.3. The summed E-state index contributed by atoms with van der Waals surface area (Å²) in [4.78, 5) is 46.7. The molecule has 0 bridgehead atoms. The number of hydrogen-bond donors (Lipinski definition) is 1. The molecule has 2 fully saturated rings. The topological polar surface area (TPSA) is 170 Å². The molecule has 56 heavy (non-hydrogen) atoms. The van der Waals surface area contributed by atoms with Crippen molar-refractivity contribution >= 4 is 33.6 Å². The van der Waals surface area contributed by atoms with E-state index in [0.29, 0.717) is 24.3 Å². The zero-order valence-electron chi connectivity index (χ0n) is 31.4. The van der Waals surface area contributed by atoms with Crippen molar-refractivity contribution < 1.29 is 45.9 Å². The van der Waals surface area contributed by atoms with Crippen molar-refractivity contribution in [3.05, 3.63) is 89.6 Å². The lowest BCUT2D eigenvalue weighted by atomic mass is 10.1. The number of ether oxygens (including phenoxy) is 3. The summed E-state index contributed by atoms with van der Waals surface area (Å²) >= 11 is 0. The molecule has 3 heterocycles. The molecule has 2 aliphatic heterocycles. The maximum absolute atomic E-state index is 16.0. The molecule has 16 heteroatoms. The number of sulfone groups is 1. The van der Waals surface area contributed by atoms with Crippen LogP contribution in [0, 0.1) is 5.82 Å². The molecule has 1 N–H and O–H groups in total. The summed E-state index contributed by atoms with van der Waals surface area (Å²) in [6.45, 7) is 5.52. The Kier molecular flexibility index (Phi) is 11.0. The molecule has 4 aromatic rings. The number of carbonyl (C=O) groups excluding carboxylic acids is 3. The molecule has 296 valence electrons. The molecule has 0 spiro atoms. The van der Waals surface area contributed by atoms with Crippen molar-refractivity contribution in [1.82, 2.24) is 20.4 Å². The van der Waals surface area contributed by atoms with Gasteiger partial charge in [-0.15, -0.1) is 0 Å². The highest BCUT2D eigenvalue weighted by Gasteiger charge is 2.41. The van der Waals surface area contributed by atoms with E-state index in [0.717, 1.165) is 37.3 Å². The molecule has 7 rings (SSSR count). The van der Waals surface area contributed by atoms with Crippen molar-refractivity contribution in [2.75, 3.05) is 23.7 Å². The largest absolute Gasteiger partial charge is 0.490 e. The van der Waals surface area contributed by atoms with Crippen LogP contribution >= 0.6 is 0 Å². The molecule has 2 atom stereocenters. The molecule has 3 aliphatic rings. The van der Waals surface area contributed by atoms with Gasteiger partial charge in [-0.1, -0.05) is 47.6 Å². The average molecular weight is 790 g/mol. The van der Waals surface area contributed by atoms with Gasteiger partial charge >= 0.3 is 12.2 Å². The van der Waals surface area contributed by atoms with E-state index in [2.05, 4.69) is 15.5 Å². The fraction of sp³-hybridized carbons (Fsp3) is 0.425. The number of rotatable bonds is 9. The second-order valence-electron chi connectivity index (χ2n) is 15.3. The average Bonchev–Trinajstić information content (AvgIpc) is 3.95. The predicted molar refractivity (Wildman–Crippen MR) is 201 cm³/mol. The van der Waals surface area contributed by atoms with Crippen LogP contribution in [0.15, 0.2) is 76.1 Å². The number of anilines is 1. The predicted octanol–water partition coefficient (Wildman–Crippen LogP) is 6.54. The molecule has 1 saturated heterocycles. The van der Waals surface area contributed by atoms with E-state index in [-0.39, 0.29) is 54.7 Å². The Labute approximate surface area is 324 Å². The Morgan fingerprint density at radius 1 is 1.00 bits per heavy atom. The van der Waals surface area contributed by atoms with Crippen LogP contribution in [-0.4, -0.2) is 78.1 Å². The standard InChI is InChI=1S/C40H44FN5O9S/c1-40(2,3)54-38(48)42-32-24-56(50,51)34-20-31(41)30(19-33(34)46(37(32)47)21-25-13-15-29(16-14-25)53-28-11-7-8-12-28)35-43-36(55-44-35)27-17-18-45(22-27)39(49)52-23-26-9-5-4-6-10-26/h4-6,9-10,13-16,19-20,27-28,32H,7-8,11-12,17-18,21-24H2,1-3H3,(H,42,48)/t27?,32-/m0/s1. The minimum atomic E-state index is -4.37. The highest BCUT2D eigenvalue weighted by Crippen LogP contribution is 2.38. The number of fused-ring (bicyclic) bond motifs is 1. The highest BCUT2D eigenvalue weighted by molar-refractivity contribution is 7.91. The van der Waals surface area contributed by atoms with E-state index in [1.54, 1.807) is 45.0 Å². The maximum Gasteiger partial charge on any atom is 0.410 e. The summed E-state index contributed by atoms with van der Waals surface area (Å²) in [5.41, 5.74) is 0.226. The monoisotopic (exact) mass is 789 g/mol. The second kappa shape index (κ2) is 15.9. The molecular weight excluding hydrogens is 746 g/mol. The van der Waals surface area contributed by atoms with Gasteiger partial charge in [0.2, 0.25) is 11.7 Å². The first-order valence-electron chi connectivity index (χ1n) is 18.6. The Balaban J connectivity index is 1.16. The third-order valence-electron chi connectivity index (χ3n) is 9.87. The van der Waals surface area contributed by atoms with E-state index >= 15 is 4.39 Å². The number of aromatic nitrogens is 2. The van der Waals surface area contributed by atoms with Gasteiger partial charge in [0.1, 0.15) is 29.8 Å². The molecule has 3 aromatic carbocycles. The first kappa shape index (κ1) is 38.8. The van der Waals surface area contributed by atoms with Crippen molar-refractivity contribution in [3.8, 4) is 17.1 Å². The third-order valence-corrected chi connectivity index (χ3v) is 11.6. The fourth-order valence-corrected chi connectivity index (χ4v) is 8.70. The summed E-state index contributed by atoms with van der Waals surface area (Å²) in [6, 6.07) is 16.9. The number of halogens is 1. The minimum absolute atomic E-state index is 0.120. The Hall–Kier alpha value is -5.51. The van der Waals surface area contributed by atoms with Crippen LogP contribution in [0.25, 0.3) is 11.4 Å². The van der Waals surface area contributed by atoms with E-state index in [9.17, 15) is 22.8 Å². The van der Waals surface area contributed by atoms with Gasteiger partial charge in [-0.05, 0) is 88.3 Å². The quantitative estimate of drug-likeness (QED) is 0.195. The number of hydrogen-bond acceptors (Lipinski definition) is 11. The van der Waals surface area contributed by atoms with Gasteiger partial charge in [-0.25, -0.2) is 22.4 Å². The minimum Gasteiger partial charge on any atom is -0.490 e. The van der Waals surface area contributed by atoms with Gasteiger partial charge in [0.25, 0.3) is 5.91 Å². The van der Waals surface area contributed by atoms with Crippen molar-refractivity contribution in [1.29, 1.82) is 0 Å². The van der Waals surface area contributed by atoms with Gasteiger partial charge in [-0.3, -0.25) is 4.79 Å². The van der Waals surface area contributed by atoms with Crippen LogP contribution in [0.1, 0.15) is 75.8 Å². The lowest BCUT2D eigenvalue weighted by Crippen LogP contribution is -2.51. The normalized spacial score (nSPS) is 19.7. The molecular formula is C40H44FN5O9S. The first-order valence-corrected chi connectivity index (χ1v) is 20.3. The van der Waals surface area contributed by atoms with E-state index in [1.807, 2.05) is 30.3 Å². The molecule has 1 aromatic heterocycles. The number of carbonyl (C=O) groups is 3. The van der Waals surface area contributed by atoms with E-state index < -0.39 is 56.0 Å². The van der Waals surface area contributed by atoms with Gasteiger partial charge < -0.3 is 33.9 Å². The van der Waals surface area contributed by atoms with Gasteiger partial charge in [0.05, 0.1) is 40.5 Å². The molecule has 3 amide bonds. The zero-order valence-corrected chi connectivity index (χ0v) is 32.2. The number of amides is 3. The summed E-state index contributed by atoms with van der Waals surface area (Å²) < 4.78 is 66.2. The Morgan fingerprint density at radius 3 is 2.45 bits per heavy atom. The molecule has 1 saturated carbocycles. The van der Waals surface area contributed by atoms with Crippen LogP contribution < -0.4 is 15.0 Å². The SMILES string of the molecule is CC(C)(C)OC(=O)N[C@H]1CS(=O)(=O)c2cc(F)c(-c3noc(C4CCN(C(=O)OCc5ccccc5)C4)n3)cc2N(Cc2ccc(OC3CCCC3)cc2)C1=O. The Bertz CT molecular complexity index is 2190. The number of benzene rings is 3. The molecule has 0 radical (unpaired) electrons. The Morgan fingerprint density at radius 2 is 1.73 bits per heavy atom. The van der Waals surface area contributed by atoms with Crippen molar-refractivity contribution in [3.63, 3.8) is 0 Å². The third kappa shape index (κ3) is 8.96. The van der Waals surface area contributed by atoms with E-state index in [1.165, 1.54) is 15.9 Å².